The number of nitrogens with one attached hydrogen (secondary N) is 1. The minimum atomic E-state index is 0.284. The smallest absolute Gasteiger partial charge is 0.133 e. The summed E-state index contributed by atoms with van der Waals surface area (Å²) in [6.07, 6.45) is 0. The average molecular weight is 271 g/mol. The zero-order chi connectivity index (χ0) is 14.7. The van der Waals surface area contributed by atoms with Gasteiger partial charge in [-0.1, -0.05) is 26.0 Å². The number of anilines is 1. The Morgan fingerprint density at radius 1 is 1.20 bits per heavy atom. The van der Waals surface area contributed by atoms with Crippen LogP contribution in [0.1, 0.15) is 31.2 Å². The van der Waals surface area contributed by atoms with Crippen molar-refractivity contribution in [2.24, 2.45) is 0 Å². The van der Waals surface area contributed by atoms with E-state index in [1.807, 2.05) is 38.2 Å². The molecule has 106 valence electrons. The van der Waals surface area contributed by atoms with Gasteiger partial charge in [-0.25, -0.2) is 9.97 Å². The van der Waals surface area contributed by atoms with Gasteiger partial charge in [-0.05, 0) is 19.1 Å². The first-order chi connectivity index (χ1) is 9.56. The van der Waals surface area contributed by atoms with Gasteiger partial charge in [0, 0.05) is 24.1 Å². The molecule has 20 heavy (non-hydrogen) atoms. The Labute approximate surface area is 120 Å². The highest BCUT2D eigenvalue weighted by Gasteiger charge is 2.14. The molecule has 0 aliphatic carbocycles. The third-order valence-electron chi connectivity index (χ3n) is 3.26. The molecule has 0 saturated heterocycles. The predicted molar refractivity (Wildman–Crippen MR) is 82.4 cm³/mol. The Balaban J connectivity index is 2.62. The highest BCUT2D eigenvalue weighted by atomic mass is 16.5. The highest BCUT2D eigenvalue weighted by Crippen LogP contribution is 2.29. The molecule has 0 fully saturated rings. The molecule has 1 N–H and O–H groups in total. The monoisotopic (exact) mass is 271 g/mol. The number of hydrogen-bond acceptors (Lipinski definition) is 4. The minimum absolute atomic E-state index is 0.284. The van der Waals surface area contributed by atoms with E-state index in [0.717, 1.165) is 34.2 Å². The summed E-state index contributed by atoms with van der Waals surface area (Å²) in [6, 6.07) is 7.95. The van der Waals surface area contributed by atoms with Crippen LogP contribution >= 0.6 is 0 Å². The van der Waals surface area contributed by atoms with Gasteiger partial charge in [0.15, 0.2) is 0 Å². The van der Waals surface area contributed by atoms with Crippen LogP contribution in [0.4, 0.5) is 5.82 Å². The molecule has 1 heterocycles. The number of methoxy groups -OCH3 is 1. The van der Waals surface area contributed by atoms with Crippen molar-refractivity contribution in [1.29, 1.82) is 0 Å². The van der Waals surface area contributed by atoms with Gasteiger partial charge in [0.25, 0.3) is 0 Å². The summed E-state index contributed by atoms with van der Waals surface area (Å²) in [7, 11) is 3.55. The first kappa shape index (κ1) is 14.3. The lowest BCUT2D eigenvalue weighted by Gasteiger charge is -2.14. The normalized spacial score (nSPS) is 10.7. The van der Waals surface area contributed by atoms with Gasteiger partial charge >= 0.3 is 0 Å². The lowest BCUT2D eigenvalue weighted by molar-refractivity contribution is 0.415. The van der Waals surface area contributed by atoms with E-state index >= 15 is 0 Å². The molecule has 0 aliphatic rings. The topological polar surface area (TPSA) is 47.0 Å². The molecular formula is C16H21N3O. The van der Waals surface area contributed by atoms with E-state index in [9.17, 15) is 0 Å². The Hall–Kier alpha value is -2.10. The van der Waals surface area contributed by atoms with Gasteiger partial charge < -0.3 is 10.1 Å². The third-order valence-corrected chi connectivity index (χ3v) is 3.26. The molecule has 0 unspecified atom stereocenters. The molecule has 0 aliphatic heterocycles. The first-order valence-electron chi connectivity index (χ1n) is 6.77. The van der Waals surface area contributed by atoms with Crippen molar-refractivity contribution in [1.82, 2.24) is 9.97 Å². The molecule has 0 amide bonds. The van der Waals surface area contributed by atoms with Crippen LogP contribution in [0.2, 0.25) is 0 Å². The summed E-state index contributed by atoms with van der Waals surface area (Å²) in [6.45, 7) is 6.23. The number of aromatic nitrogens is 2. The molecule has 4 nitrogen and oxygen atoms in total. The van der Waals surface area contributed by atoms with Crippen LogP contribution < -0.4 is 10.1 Å². The van der Waals surface area contributed by atoms with Crippen molar-refractivity contribution in [2.75, 3.05) is 19.5 Å². The molecule has 1 aromatic heterocycles. The van der Waals surface area contributed by atoms with Gasteiger partial charge in [-0.2, -0.15) is 0 Å². The van der Waals surface area contributed by atoms with Gasteiger partial charge in [0.05, 0.1) is 12.8 Å². The van der Waals surface area contributed by atoms with Crippen molar-refractivity contribution in [3.8, 4) is 17.0 Å². The lowest BCUT2D eigenvalue weighted by atomic mass is 10.1. The number of ether oxygens (including phenoxy) is 1. The van der Waals surface area contributed by atoms with E-state index in [1.165, 1.54) is 0 Å². The van der Waals surface area contributed by atoms with E-state index in [-0.39, 0.29) is 5.92 Å². The van der Waals surface area contributed by atoms with Gasteiger partial charge in [-0.3, -0.25) is 0 Å². The molecule has 0 radical (unpaired) electrons. The van der Waals surface area contributed by atoms with Gasteiger partial charge in [0.2, 0.25) is 0 Å². The van der Waals surface area contributed by atoms with E-state index in [4.69, 9.17) is 9.72 Å². The van der Waals surface area contributed by atoms with Crippen molar-refractivity contribution in [3.63, 3.8) is 0 Å². The standard InChI is InChI=1S/C16H21N3O/c1-10(2)15-18-14(11(3)16(17-4)19-15)12-7-6-8-13(9-12)20-5/h6-10H,1-5H3,(H,17,18,19). The van der Waals surface area contributed by atoms with Gasteiger partial charge in [-0.15, -0.1) is 0 Å². The zero-order valence-electron chi connectivity index (χ0n) is 12.7. The minimum Gasteiger partial charge on any atom is -0.497 e. The third kappa shape index (κ3) is 2.74. The van der Waals surface area contributed by atoms with Crippen LogP contribution in [0, 0.1) is 6.92 Å². The quantitative estimate of drug-likeness (QED) is 0.922. The highest BCUT2D eigenvalue weighted by molar-refractivity contribution is 5.69. The summed E-state index contributed by atoms with van der Waals surface area (Å²) < 4.78 is 5.29. The fourth-order valence-electron chi connectivity index (χ4n) is 2.09. The zero-order valence-corrected chi connectivity index (χ0v) is 12.7. The molecule has 4 heteroatoms. The van der Waals surface area contributed by atoms with Crippen LogP contribution in [-0.2, 0) is 0 Å². The number of rotatable bonds is 4. The summed E-state index contributed by atoms with van der Waals surface area (Å²) >= 11 is 0. The van der Waals surface area contributed by atoms with Crippen LogP contribution in [-0.4, -0.2) is 24.1 Å². The molecule has 0 saturated carbocycles. The Kier molecular flexibility index (Phi) is 4.23. The molecule has 2 rings (SSSR count). The van der Waals surface area contributed by atoms with E-state index < -0.39 is 0 Å². The van der Waals surface area contributed by atoms with Crippen LogP contribution in [0.5, 0.6) is 5.75 Å². The van der Waals surface area contributed by atoms with Crippen molar-refractivity contribution in [2.45, 2.75) is 26.7 Å². The Bertz CT molecular complexity index is 609. The maximum atomic E-state index is 5.29. The molecular weight excluding hydrogens is 250 g/mol. The van der Waals surface area contributed by atoms with Crippen LogP contribution in [0.3, 0.4) is 0 Å². The predicted octanol–water partition coefficient (Wildman–Crippen LogP) is 3.63. The summed E-state index contributed by atoms with van der Waals surface area (Å²) in [5.74, 6) is 2.84. The average Bonchev–Trinajstić information content (AvgIpc) is 2.47. The second-order valence-electron chi connectivity index (χ2n) is 5.04. The van der Waals surface area contributed by atoms with E-state index in [1.54, 1.807) is 7.11 Å². The van der Waals surface area contributed by atoms with Crippen molar-refractivity contribution >= 4 is 5.82 Å². The van der Waals surface area contributed by atoms with E-state index in [2.05, 4.69) is 24.1 Å². The maximum absolute atomic E-state index is 5.29. The lowest BCUT2D eigenvalue weighted by Crippen LogP contribution is -2.06. The SMILES string of the molecule is CNc1nc(C(C)C)nc(-c2cccc(OC)c2)c1C. The number of nitrogens with zero attached hydrogens (tertiary/aromatic N) is 2. The fourth-order valence-corrected chi connectivity index (χ4v) is 2.09. The number of benzene rings is 1. The first-order valence-corrected chi connectivity index (χ1v) is 6.77. The summed E-state index contributed by atoms with van der Waals surface area (Å²) in [4.78, 5) is 9.28. The maximum Gasteiger partial charge on any atom is 0.133 e. The fraction of sp³-hybridized carbons (Fsp3) is 0.375. The molecule has 0 spiro atoms. The van der Waals surface area contributed by atoms with Crippen LogP contribution in [0.15, 0.2) is 24.3 Å². The molecule has 2 aromatic rings. The molecule has 1 aromatic carbocycles. The number of hydrogen-bond donors (Lipinski definition) is 1. The van der Waals surface area contributed by atoms with E-state index in [0.29, 0.717) is 0 Å². The van der Waals surface area contributed by atoms with Gasteiger partial charge in [0.1, 0.15) is 17.4 Å². The summed E-state index contributed by atoms with van der Waals surface area (Å²) in [5, 5.41) is 3.15. The molecule has 0 atom stereocenters. The summed E-state index contributed by atoms with van der Waals surface area (Å²) in [5.41, 5.74) is 3.04. The Morgan fingerprint density at radius 2 is 1.95 bits per heavy atom. The van der Waals surface area contributed by atoms with Crippen molar-refractivity contribution < 1.29 is 4.74 Å². The molecule has 0 bridgehead atoms. The Morgan fingerprint density at radius 3 is 2.55 bits per heavy atom. The van der Waals surface area contributed by atoms with Crippen molar-refractivity contribution in [3.05, 3.63) is 35.7 Å². The second-order valence-corrected chi connectivity index (χ2v) is 5.04. The second kappa shape index (κ2) is 5.90. The van der Waals surface area contributed by atoms with Crippen LogP contribution in [0.25, 0.3) is 11.3 Å². The largest absolute Gasteiger partial charge is 0.497 e.